The molecule has 0 saturated carbocycles. The Kier molecular flexibility index (Phi) is 14.0. The first-order valence-corrected chi connectivity index (χ1v) is 15.2. The number of rotatable bonds is 7. The monoisotopic (exact) mass is 651 g/mol. The molecular formula is C39H45N3O6. The average Bonchev–Trinajstić information content (AvgIpc) is 3.47. The molecule has 0 spiro atoms. The number of hydrogen-bond acceptors (Lipinski definition) is 9. The molecule has 4 aromatic rings. The second-order valence-corrected chi connectivity index (χ2v) is 11.5. The number of carbonyl (C=O) groups is 1. The number of nitriles is 2. The number of allylic oxidation sites excluding steroid dienone is 2. The molecule has 48 heavy (non-hydrogen) atoms. The van der Waals surface area contributed by atoms with Gasteiger partial charge in [0.2, 0.25) is 0 Å². The van der Waals surface area contributed by atoms with Crippen molar-refractivity contribution in [1.29, 1.82) is 10.5 Å². The van der Waals surface area contributed by atoms with Crippen LogP contribution in [-0.2, 0) is 4.79 Å². The number of aliphatic hydroxyl groups excluding tert-OH is 1. The van der Waals surface area contributed by atoms with E-state index in [2.05, 4.69) is 18.1 Å². The summed E-state index contributed by atoms with van der Waals surface area (Å²) in [5.41, 5.74) is 9.99. The van der Waals surface area contributed by atoms with Crippen molar-refractivity contribution >= 4 is 11.4 Å². The zero-order valence-corrected chi connectivity index (χ0v) is 29.9. The molecule has 0 aliphatic heterocycles. The highest BCUT2D eigenvalue weighted by atomic mass is 16.5. The highest BCUT2D eigenvalue weighted by Crippen LogP contribution is 2.32. The topological polar surface area (TPSA) is 139 Å². The second kappa shape index (κ2) is 17.4. The van der Waals surface area contributed by atoms with Crippen LogP contribution >= 0.6 is 0 Å². The van der Waals surface area contributed by atoms with Crippen LogP contribution in [-0.4, -0.2) is 37.4 Å². The van der Waals surface area contributed by atoms with Crippen LogP contribution in [0.25, 0.3) is 16.7 Å². The minimum atomic E-state index is -0.676. The van der Waals surface area contributed by atoms with E-state index in [1.165, 1.54) is 13.8 Å². The van der Waals surface area contributed by atoms with E-state index in [1.807, 2.05) is 84.0 Å². The number of nitrogens with zero attached hydrogens (tertiary/aromatic N) is 3. The Bertz CT molecular complexity index is 1890. The fraction of sp³-hybridized carbons (Fsp3) is 0.333. The van der Waals surface area contributed by atoms with Crippen LogP contribution in [0.2, 0.25) is 0 Å². The first-order valence-electron chi connectivity index (χ1n) is 15.2. The highest BCUT2D eigenvalue weighted by Gasteiger charge is 2.19. The van der Waals surface area contributed by atoms with E-state index < -0.39 is 5.92 Å². The summed E-state index contributed by atoms with van der Waals surface area (Å²) in [5, 5.41) is 31.2. The van der Waals surface area contributed by atoms with Gasteiger partial charge >= 0.3 is 0 Å². The molecule has 4 rings (SSSR count). The van der Waals surface area contributed by atoms with Crippen molar-refractivity contribution in [3.8, 4) is 40.5 Å². The first-order chi connectivity index (χ1) is 22.6. The van der Waals surface area contributed by atoms with E-state index in [0.717, 1.165) is 78.6 Å². The Morgan fingerprint density at radius 2 is 1.23 bits per heavy atom. The van der Waals surface area contributed by atoms with Gasteiger partial charge in [-0.15, -0.1) is 0 Å². The number of carbonyl (C=O) groups excluding carboxylic acids is 1. The Balaban J connectivity index is 0.000000250. The lowest BCUT2D eigenvalue weighted by Crippen LogP contribution is -2.08. The maximum Gasteiger partial charge on any atom is 0.151 e. The third kappa shape index (κ3) is 9.27. The molecule has 0 aliphatic carbocycles. The summed E-state index contributed by atoms with van der Waals surface area (Å²) in [6.07, 6.45) is 1.75. The van der Waals surface area contributed by atoms with Gasteiger partial charge in [-0.1, -0.05) is 11.2 Å². The van der Waals surface area contributed by atoms with Gasteiger partial charge in [0.25, 0.3) is 0 Å². The molecule has 0 bridgehead atoms. The molecule has 0 aliphatic rings. The van der Waals surface area contributed by atoms with E-state index >= 15 is 0 Å². The fourth-order valence-corrected chi connectivity index (χ4v) is 5.19. The van der Waals surface area contributed by atoms with Crippen molar-refractivity contribution in [3.63, 3.8) is 0 Å². The fourth-order valence-electron chi connectivity index (χ4n) is 5.19. The molecule has 1 heterocycles. The van der Waals surface area contributed by atoms with E-state index in [4.69, 9.17) is 29.3 Å². The second-order valence-electron chi connectivity index (χ2n) is 11.5. The predicted octanol–water partition coefficient (Wildman–Crippen LogP) is 8.91. The van der Waals surface area contributed by atoms with Crippen LogP contribution < -0.4 is 14.2 Å². The van der Waals surface area contributed by atoms with Crippen molar-refractivity contribution in [1.82, 2.24) is 5.16 Å². The van der Waals surface area contributed by atoms with Gasteiger partial charge < -0.3 is 23.8 Å². The molecule has 1 aromatic heterocycles. The Morgan fingerprint density at radius 3 is 1.67 bits per heavy atom. The molecule has 1 N–H and O–H groups in total. The molecule has 9 nitrogen and oxygen atoms in total. The smallest absolute Gasteiger partial charge is 0.151 e. The van der Waals surface area contributed by atoms with Gasteiger partial charge in [-0.05, 0) is 143 Å². The van der Waals surface area contributed by atoms with Crippen molar-refractivity contribution in [2.24, 2.45) is 0 Å². The number of ketones is 1. The number of aliphatic hydroxyl groups is 1. The first kappa shape index (κ1) is 38.6. The molecule has 0 fully saturated rings. The number of aryl methyl sites for hydroxylation is 7. The predicted molar refractivity (Wildman–Crippen MR) is 188 cm³/mol. The lowest BCUT2D eigenvalue weighted by molar-refractivity contribution is -0.117. The zero-order valence-electron chi connectivity index (χ0n) is 29.9. The van der Waals surface area contributed by atoms with E-state index in [-0.39, 0.29) is 11.5 Å². The largest absolute Gasteiger partial charge is 0.511 e. The van der Waals surface area contributed by atoms with Crippen LogP contribution in [0.1, 0.15) is 70.0 Å². The molecule has 3 aromatic carbocycles. The number of aromatic nitrogens is 1. The maximum atomic E-state index is 11.3. The Labute approximate surface area is 284 Å². The Hall–Kier alpha value is -5.54. The summed E-state index contributed by atoms with van der Waals surface area (Å²) in [6, 6.07) is 15.6. The van der Waals surface area contributed by atoms with Crippen LogP contribution in [0, 0.1) is 71.1 Å². The van der Waals surface area contributed by atoms with Gasteiger partial charge in [-0.2, -0.15) is 10.5 Å². The van der Waals surface area contributed by atoms with Crippen LogP contribution in [0.4, 0.5) is 0 Å². The minimum absolute atomic E-state index is 0.0372. The van der Waals surface area contributed by atoms with Gasteiger partial charge in [0.05, 0.1) is 39.2 Å². The van der Waals surface area contributed by atoms with Gasteiger partial charge in [0.1, 0.15) is 40.8 Å². The summed E-state index contributed by atoms with van der Waals surface area (Å²) in [6.45, 7) is 16.5. The SMILES string of the molecule is COc1cc(C)c(-c2cnoc2C)cc1C.COc1cc(C)c(/C(C#N)=C(\C)O)cc1C.COc1cc(C)c(C(C#N)C(C)=O)cc1C. The number of methoxy groups -OCH3 is 3. The normalized spacial score (nSPS) is 11.3. The third-order valence-electron chi connectivity index (χ3n) is 7.90. The lowest BCUT2D eigenvalue weighted by atomic mass is 9.91. The van der Waals surface area contributed by atoms with Crippen molar-refractivity contribution in [2.45, 2.75) is 68.2 Å². The van der Waals surface area contributed by atoms with Crippen LogP contribution in [0.15, 0.2) is 52.9 Å². The summed E-state index contributed by atoms with van der Waals surface area (Å²) in [7, 11) is 4.90. The molecule has 0 radical (unpaired) electrons. The van der Waals surface area contributed by atoms with Gasteiger partial charge in [0, 0.05) is 5.56 Å². The number of hydrogen-bond donors (Lipinski definition) is 1. The summed E-state index contributed by atoms with van der Waals surface area (Å²) < 4.78 is 20.8. The van der Waals surface area contributed by atoms with Crippen molar-refractivity contribution < 1.29 is 28.6 Å². The van der Waals surface area contributed by atoms with Crippen LogP contribution in [0.5, 0.6) is 17.2 Å². The molecule has 252 valence electrons. The summed E-state index contributed by atoms with van der Waals surface area (Å²) in [4.78, 5) is 11.3. The van der Waals surface area contributed by atoms with Crippen molar-refractivity contribution in [2.75, 3.05) is 21.3 Å². The lowest BCUT2D eigenvalue weighted by Gasteiger charge is -2.13. The molecule has 0 saturated heterocycles. The van der Waals surface area contributed by atoms with Gasteiger partial charge in [-0.3, -0.25) is 4.79 Å². The molecule has 1 atom stereocenters. The van der Waals surface area contributed by atoms with Crippen molar-refractivity contribution in [3.05, 3.63) is 98.6 Å². The highest BCUT2D eigenvalue weighted by molar-refractivity contribution is 5.86. The molecule has 0 amide bonds. The Morgan fingerprint density at radius 1 is 0.729 bits per heavy atom. The van der Waals surface area contributed by atoms with Gasteiger partial charge in [-0.25, -0.2) is 0 Å². The van der Waals surface area contributed by atoms with Crippen LogP contribution in [0.3, 0.4) is 0 Å². The van der Waals surface area contributed by atoms with Gasteiger partial charge in [0.15, 0.2) is 5.78 Å². The van der Waals surface area contributed by atoms with E-state index in [1.54, 1.807) is 27.5 Å². The minimum Gasteiger partial charge on any atom is -0.511 e. The number of benzene rings is 3. The maximum absolute atomic E-state index is 11.3. The zero-order chi connectivity index (χ0) is 36.3. The summed E-state index contributed by atoms with van der Waals surface area (Å²) in [5.74, 6) is 2.55. The molecular weight excluding hydrogens is 606 g/mol. The average molecular weight is 652 g/mol. The number of Topliss-reactive ketones (excluding diaryl/α,β-unsaturated/α-hetero) is 1. The molecule has 9 heteroatoms. The number of ether oxygens (including phenoxy) is 3. The van der Waals surface area contributed by atoms with E-state index in [9.17, 15) is 9.90 Å². The summed E-state index contributed by atoms with van der Waals surface area (Å²) >= 11 is 0. The molecule has 1 unspecified atom stereocenters. The standard InChI is InChI=1S/3C13H15NO2/c1-8-6-13(15-4)9(2)5-11(8)12-7-14-16-10(12)3;2*1-8-6-13(16-4)9(2)5-11(8)12(7-14)10(3)15/h5-7H,1-4H3;5-6,15H,1-4H3;5-6,12H,1-4H3/b;12-10+;. The quantitative estimate of drug-likeness (QED) is 0.153. The third-order valence-corrected chi connectivity index (χ3v) is 7.90. The van der Waals surface area contributed by atoms with E-state index in [0.29, 0.717) is 5.57 Å².